The fourth-order valence-electron chi connectivity index (χ4n) is 4.19. The SMILES string of the molecule is C=CC(=O)Nc1ccc(-c2nn3ncnc(N)c3c2-c2ccc(C(=O)NC3CCC3)c(C)c2)cc1. The number of nitrogens with zero attached hydrogens (tertiary/aromatic N) is 4. The number of hydrogen-bond donors (Lipinski definition) is 3. The van der Waals surface area contributed by atoms with Crippen LogP contribution in [0.2, 0.25) is 0 Å². The highest BCUT2D eigenvalue weighted by Crippen LogP contribution is 2.37. The molecule has 9 heteroatoms. The van der Waals surface area contributed by atoms with Crippen molar-refractivity contribution >= 4 is 28.8 Å². The summed E-state index contributed by atoms with van der Waals surface area (Å²) in [7, 11) is 0. The van der Waals surface area contributed by atoms with Gasteiger partial charge in [-0.1, -0.05) is 30.8 Å². The molecule has 1 saturated carbocycles. The third kappa shape index (κ3) is 4.23. The van der Waals surface area contributed by atoms with E-state index in [1.165, 1.54) is 17.0 Å². The van der Waals surface area contributed by atoms with Crippen molar-refractivity contribution in [3.05, 3.63) is 72.6 Å². The minimum Gasteiger partial charge on any atom is -0.382 e. The van der Waals surface area contributed by atoms with Crippen LogP contribution in [0.1, 0.15) is 35.2 Å². The van der Waals surface area contributed by atoms with Gasteiger partial charge in [-0.3, -0.25) is 9.59 Å². The molecule has 4 N–H and O–H groups in total. The van der Waals surface area contributed by atoms with E-state index in [0.717, 1.165) is 41.5 Å². The topological polar surface area (TPSA) is 127 Å². The van der Waals surface area contributed by atoms with Crippen LogP contribution in [-0.4, -0.2) is 37.7 Å². The van der Waals surface area contributed by atoms with Gasteiger partial charge in [0.05, 0.1) is 0 Å². The second-order valence-corrected chi connectivity index (χ2v) is 8.61. The molecule has 0 saturated heterocycles. The van der Waals surface area contributed by atoms with Crippen LogP contribution in [0.25, 0.3) is 27.9 Å². The second-order valence-electron chi connectivity index (χ2n) is 8.61. The maximum Gasteiger partial charge on any atom is 0.251 e. The monoisotopic (exact) mass is 467 g/mol. The molecular formula is C26H25N7O2. The molecule has 2 aromatic heterocycles. The maximum atomic E-state index is 12.7. The van der Waals surface area contributed by atoms with Crippen molar-refractivity contribution in [3.63, 3.8) is 0 Å². The van der Waals surface area contributed by atoms with Gasteiger partial charge >= 0.3 is 0 Å². The average Bonchev–Trinajstić information content (AvgIpc) is 3.22. The Balaban J connectivity index is 1.57. The van der Waals surface area contributed by atoms with Crippen LogP contribution >= 0.6 is 0 Å². The van der Waals surface area contributed by atoms with Crippen molar-refractivity contribution in [1.82, 2.24) is 25.1 Å². The summed E-state index contributed by atoms with van der Waals surface area (Å²) in [6.45, 7) is 5.39. The van der Waals surface area contributed by atoms with E-state index in [4.69, 9.17) is 5.73 Å². The van der Waals surface area contributed by atoms with Crippen molar-refractivity contribution in [1.29, 1.82) is 0 Å². The predicted molar refractivity (Wildman–Crippen MR) is 135 cm³/mol. The van der Waals surface area contributed by atoms with Crippen LogP contribution in [-0.2, 0) is 4.79 Å². The van der Waals surface area contributed by atoms with Crippen molar-refractivity contribution in [3.8, 4) is 22.4 Å². The van der Waals surface area contributed by atoms with Crippen LogP contribution in [0.15, 0.2) is 61.4 Å². The van der Waals surface area contributed by atoms with E-state index in [0.29, 0.717) is 28.3 Å². The van der Waals surface area contributed by atoms with E-state index in [-0.39, 0.29) is 17.9 Å². The molecule has 0 radical (unpaired) electrons. The lowest BCUT2D eigenvalue weighted by Crippen LogP contribution is -2.39. The summed E-state index contributed by atoms with van der Waals surface area (Å²) in [5.74, 6) is -0.0435. The first-order valence-corrected chi connectivity index (χ1v) is 11.4. The molecule has 35 heavy (non-hydrogen) atoms. The predicted octanol–water partition coefficient (Wildman–Crippen LogP) is 3.76. The molecule has 0 aliphatic heterocycles. The fourth-order valence-corrected chi connectivity index (χ4v) is 4.19. The molecule has 1 aliphatic rings. The highest BCUT2D eigenvalue weighted by Gasteiger charge is 2.23. The summed E-state index contributed by atoms with van der Waals surface area (Å²) in [6, 6.07) is 13.3. The van der Waals surface area contributed by atoms with Gasteiger partial charge in [0.15, 0.2) is 5.82 Å². The van der Waals surface area contributed by atoms with Gasteiger partial charge in [-0.05, 0) is 61.6 Å². The minimum absolute atomic E-state index is 0.0566. The molecule has 9 nitrogen and oxygen atoms in total. The Labute approximate surface area is 202 Å². The number of nitrogens with two attached hydrogens (primary N) is 1. The van der Waals surface area contributed by atoms with Gasteiger partial charge in [0.1, 0.15) is 17.5 Å². The van der Waals surface area contributed by atoms with E-state index in [1.54, 1.807) is 12.1 Å². The van der Waals surface area contributed by atoms with E-state index >= 15 is 0 Å². The van der Waals surface area contributed by atoms with Gasteiger partial charge in [0.2, 0.25) is 5.91 Å². The lowest BCUT2D eigenvalue weighted by molar-refractivity contribution is -0.111. The number of carbonyl (C=O) groups excluding carboxylic acids is 2. The zero-order valence-electron chi connectivity index (χ0n) is 19.3. The Morgan fingerprint density at radius 3 is 2.54 bits per heavy atom. The average molecular weight is 468 g/mol. The number of nitrogens with one attached hydrogen (secondary N) is 2. The molecule has 1 aliphatic carbocycles. The molecule has 176 valence electrons. The number of carbonyl (C=O) groups is 2. The Morgan fingerprint density at radius 2 is 1.89 bits per heavy atom. The van der Waals surface area contributed by atoms with Crippen molar-refractivity contribution in [2.24, 2.45) is 0 Å². The molecule has 2 heterocycles. The number of nitrogen functional groups attached to an aromatic ring is 1. The van der Waals surface area contributed by atoms with E-state index < -0.39 is 0 Å². The van der Waals surface area contributed by atoms with Crippen molar-refractivity contribution < 1.29 is 9.59 Å². The van der Waals surface area contributed by atoms with Gasteiger partial charge in [0.25, 0.3) is 5.91 Å². The summed E-state index contributed by atoms with van der Waals surface area (Å²) in [6.07, 6.45) is 5.80. The first kappa shape index (κ1) is 22.3. The quantitative estimate of drug-likeness (QED) is 0.371. The molecular weight excluding hydrogens is 442 g/mol. The fraction of sp³-hybridized carbons (Fsp3) is 0.192. The number of aromatic nitrogens is 4. The molecule has 5 rings (SSSR count). The lowest BCUT2D eigenvalue weighted by Gasteiger charge is -2.26. The van der Waals surface area contributed by atoms with Gasteiger partial charge in [-0.15, -0.1) is 14.8 Å². The Hall–Kier alpha value is -4.53. The Bertz CT molecular complexity index is 1450. The van der Waals surface area contributed by atoms with Gasteiger partial charge < -0.3 is 16.4 Å². The summed E-state index contributed by atoms with van der Waals surface area (Å²) >= 11 is 0. The number of rotatable bonds is 6. The molecule has 0 bridgehead atoms. The standard InChI is InChI=1S/C26H25N7O2/c1-3-21(34)30-19-10-7-16(8-11-19)23-22(24-25(27)28-14-29-33(24)32-23)17-9-12-20(15(2)13-17)26(35)31-18-5-4-6-18/h3,7-14,18H,1,4-6H2,2H3,(H,30,34)(H,31,35)(H2,27,28,29). The zero-order chi connectivity index (χ0) is 24.5. The Kier molecular flexibility index (Phi) is 5.74. The van der Waals surface area contributed by atoms with Crippen molar-refractivity contribution in [2.45, 2.75) is 32.2 Å². The molecule has 2 amide bonds. The lowest BCUT2D eigenvalue weighted by atomic mass is 9.92. The van der Waals surface area contributed by atoms with Crippen molar-refractivity contribution in [2.75, 3.05) is 11.1 Å². The molecule has 0 unspecified atom stereocenters. The van der Waals surface area contributed by atoms with Crippen LogP contribution in [0.3, 0.4) is 0 Å². The number of fused-ring (bicyclic) bond motifs is 1. The summed E-state index contributed by atoms with van der Waals surface area (Å²) < 4.78 is 1.47. The van der Waals surface area contributed by atoms with E-state index in [1.807, 2.05) is 37.3 Å². The highest BCUT2D eigenvalue weighted by molar-refractivity contribution is 6.01. The number of amides is 2. The third-order valence-corrected chi connectivity index (χ3v) is 6.28. The maximum absolute atomic E-state index is 12.7. The number of hydrogen-bond acceptors (Lipinski definition) is 6. The smallest absolute Gasteiger partial charge is 0.251 e. The van der Waals surface area contributed by atoms with Crippen LogP contribution in [0.4, 0.5) is 11.5 Å². The number of aryl methyl sites for hydroxylation is 1. The minimum atomic E-state index is -0.286. The van der Waals surface area contributed by atoms with Crippen LogP contribution < -0.4 is 16.4 Å². The Morgan fingerprint density at radius 1 is 1.14 bits per heavy atom. The van der Waals surface area contributed by atoms with Crippen LogP contribution in [0, 0.1) is 6.92 Å². The number of benzene rings is 2. The molecule has 1 fully saturated rings. The largest absolute Gasteiger partial charge is 0.382 e. The first-order valence-electron chi connectivity index (χ1n) is 11.4. The number of anilines is 2. The third-order valence-electron chi connectivity index (χ3n) is 6.28. The second kappa shape index (κ2) is 9.02. The zero-order valence-corrected chi connectivity index (χ0v) is 19.3. The summed E-state index contributed by atoms with van der Waals surface area (Å²) in [4.78, 5) is 28.5. The first-order chi connectivity index (χ1) is 16.9. The normalized spacial score (nSPS) is 13.3. The van der Waals surface area contributed by atoms with Gasteiger partial charge in [0, 0.05) is 28.4 Å². The van der Waals surface area contributed by atoms with E-state index in [9.17, 15) is 9.59 Å². The van der Waals surface area contributed by atoms with Gasteiger partial charge in [-0.25, -0.2) is 4.98 Å². The van der Waals surface area contributed by atoms with Gasteiger partial charge in [-0.2, -0.15) is 0 Å². The van der Waals surface area contributed by atoms with E-state index in [2.05, 4.69) is 32.4 Å². The molecule has 0 atom stereocenters. The van der Waals surface area contributed by atoms with Crippen LogP contribution in [0.5, 0.6) is 0 Å². The highest BCUT2D eigenvalue weighted by atomic mass is 16.2. The summed E-state index contributed by atoms with van der Waals surface area (Å²) in [5, 5.41) is 14.7. The molecule has 0 spiro atoms. The summed E-state index contributed by atoms with van der Waals surface area (Å²) in [5.41, 5.74) is 12.0. The molecule has 2 aromatic carbocycles. The molecule has 4 aromatic rings.